The van der Waals surface area contributed by atoms with Crippen LogP contribution in [0.5, 0.6) is 0 Å². The molecule has 2 aromatic carbocycles. The lowest BCUT2D eigenvalue weighted by atomic mass is 10.3. The molecule has 22 heavy (non-hydrogen) atoms. The normalized spacial score (nSPS) is 10.4. The molecule has 0 bridgehead atoms. The highest BCUT2D eigenvalue weighted by Crippen LogP contribution is 2.22. The molecular formula is C15H12Cl3FN2O. The first-order valence-corrected chi connectivity index (χ1v) is 7.52. The highest BCUT2D eigenvalue weighted by atomic mass is 35.5. The first-order chi connectivity index (χ1) is 10.4. The Morgan fingerprint density at radius 2 is 1.68 bits per heavy atom. The van der Waals surface area contributed by atoms with Crippen molar-refractivity contribution in [1.82, 2.24) is 0 Å². The van der Waals surface area contributed by atoms with E-state index in [1.807, 2.05) is 0 Å². The van der Waals surface area contributed by atoms with Gasteiger partial charge in [0, 0.05) is 34.4 Å². The van der Waals surface area contributed by atoms with Crippen molar-refractivity contribution in [2.24, 2.45) is 0 Å². The molecule has 0 spiro atoms. The summed E-state index contributed by atoms with van der Waals surface area (Å²) in [5.41, 5.74) is 1.18. The predicted octanol–water partition coefficient (Wildman–Crippen LogP) is 5.23. The Hall–Kier alpha value is -1.49. The molecular weight excluding hydrogens is 350 g/mol. The van der Waals surface area contributed by atoms with Gasteiger partial charge in [-0.05, 0) is 36.4 Å². The SMILES string of the molecule is O=C(CCNc1ccc(F)c(Cl)c1)Nc1cc(Cl)cc(Cl)c1. The summed E-state index contributed by atoms with van der Waals surface area (Å²) in [6, 6.07) is 9.08. The second-order valence-electron chi connectivity index (χ2n) is 4.51. The fraction of sp³-hybridized carbons (Fsp3) is 0.133. The number of hydrogen-bond acceptors (Lipinski definition) is 2. The Labute approximate surface area is 142 Å². The molecule has 1 amide bonds. The van der Waals surface area contributed by atoms with Gasteiger partial charge < -0.3 is 10.6 Å². The number of anilines is 2. The first-order valence-electron chi connectivity index (χ1n) is 6.39. The van der Waals surface area contributed by atoms with Crippen LogP contribution in [0.15, 0.2) is 36.4 Å². The molecule has 0 aliphatic carbocycles. The van der Waals surface area contributed by atoms with E-state index in [2.05, 4.69) is 10.6 Å². The highest BCUT2D eigenvalue weighted by molar-refractivity contribution is 6.35. The van der Waals surface area contributed by atoms with Crippen molar-refractivity contribution in [1.29, 1.82) is 0 Å². The van der Waals surface area contributed by atoms with Crippen LogP contribution in [0.25, 0.3) is 0 Å². The third-order valence-corrected chi connectivity index (χ3v) is 3.47. The van der Waals surface area contributed by atoms with Gasteiger partial charge >= 0.3 is 0 Å². The van der Waals surface area contributed by atoms with Gasteiger partial charge in [0.1, 0.15) is 5.82 Å². The fourth-order valence-corrected chi connectivity index (χ4v) is 2.48. The zero-order valence-electron chi connectivity index (χ0n) is 11.3. The van der Waals surface area contributed by atoms with Crippen LogP contribution < -0.4 is 10.6 Å². The standard InChI is InChI=1S/C15H12Cl3FN2O/c16-9-5-10(17)7-12(6-9)21-15(22)3-4-20-11-1-2-14(19)13(18)8-11/h1-2,5-8,20H,3-4H2,(H,21,22). The Morgan fingerprint density at radius 3 is 2.32 bits per heavy atom. The van der Waals surface area contributed by atoms with Gasteiger partial charge in [0.15, 0.2) is 0 Å². The zero-order valence-corrected chi connectivity index (χ0v) is 13.6. The van der Waals surface area contributed by atoms with Crippen LogP contribution in [0, 0.1) is 5.82 Å². The quantitative estimate of drug-likeness (QED) is 0.766. The van der Waals surface area contributed by atoms with Gasteiger partial charge in [0.2, 0.25) is 5.91 Å². The van der Waals surface area contributed by atoms with Crippen LogP contribution in [-0.2, 0) is 4.79 Å². The van der Waals surface area contributed by atoms with E-state index in [4.69, 9.17) is 34.8 Å². The van der Waals surface area contributed by atoms with Gasteiger partial charge in [-0.25, -0.2) is 4.39 Å². The average Bonchev–Trinajstić information content (AvgIpc) is 2.41. The molecule has 3 nitrogen and oxygen atoms in total. The predicted molar refractivity (Wildman–Crippen MR) is 89.6 cm³/mol. The van der Waals surface area contributed by atoms with Crippen molar-refractivity contribution in [3.05, 3.63) is 57.3 Å². The van der Waals surface area contributed by atoms with Gasteiger partial charge in [0.25, 0.3) is 0 Å². The highest BCUT2D eigenvalue weighted by Gasteiger charge is 2.05. The fourth-order valence-electron chi connectivity index (χ4n) is 1.78. The number of hydrogen-bond donors (Lipinski definition) is 2. The Morgan fingerprint density at radius 1 is 1.00 bits per heavy atom. The molecule has 0 heterocycles. The van der Waals surface area contributed by atoms with Crippen molar-refractivity contribution in [2.45, 2.75) is 6.42 Å². The second-order valence-corrected chi connectivity index (χ2v) is 5.79. The molecule has 7 heteroatoms. The average molecular weight is 362 g/mol. The maximum Gasteiger partial charge on any atom is 0.226 e. The van der Waals surface area contributed by atoms with Crippen molar-refractivity contribution in [3.8, 4) is 0 Å². The molecule has 2 aromatic rings. The minimum Gasteiger partial charge on any atom is -0.384 e. The summed E-state index contributed by atoms with van der Waals surface area (Å²) in [5.74, 6) is -0.679. The number of halogens is 4. The molecule has 0 radical (unpaired) electrons. The summed E-state index contributed by atoms with van der Waals surface area (Å²) in [6.07, 6.45) is 0.221. The van der Waals surface area contributed by atoms with E-state index < -0.39 is 5.82 Å². The summed E-state index contributed by atoms with van der Waals surface area (Å²) < 4.78 is 13.0. The van der Waals surface area contributed by atoms with E-state index in [1.165, 1.54) is 12.1 Å². The lowest BCUT2D eigenvalue weighted by molar-refractivity contribution is -0.115. The maximum atomic E-state index is 13.0. The van der Waals surface area contributed by atoms with Gasteiger partial charge in [-0.15, -0.1) is 0 Å². The van der Waals surface area contributed by atoms with E-state index >= 15 is 0 Å². The molecule has 0 saturated heterocycles. The zero-order chi connectivity index (χ0) is 16.1. The van der Waals surface area contributed by atoms with E-state index in [1.54, 1.807) is 24.3 Å². The number of amides is 1. The summed E-state index contributed by atoms with van der Waals surface area (Å²) >= 11 is 17.4. The summed E-state index contributed by atoms with van der Waals surface area (Å²) in [5, 5.41) is 6.61. The third kappa shape index (κ3) is 5.05. The molecule has 0 unspecified atom stereocenters. The molecule has 2 N–H and O–H groups in total. The van der Waals surface area contributed by atoms with Crippen molar-refractivity contribution in [2.75, 3.05) is 17.2 Å². The Bertz CT molecular complexity index is 674. The van der Waals surface area contributed by atoms with Crippen molar-refractivity contribution >= 4 is 52.1 Å². The number of benzene rings is 2. The largest absolute Gasteiger partial charge is 0.384 e. The molecule has 0 saturated carbocycles. The smallest absolute Gasteiger partial charge is 0.226 e. The molecule has 0 fully saturated rings. The minimum atomic E-state index is -0.484. The number of nitrogens with one attached hydrogen (secondary N) is 2. The van der Waals surface area contributed by atoms with E-state index in [9.17, 15) is 9.18 Å². The first kappa shape index (κ1) is 16.9. The van der Waals surface area contributed by atoms with Crippen molar-refractivity contribution < 1.29 is 9.18 Å². The van der Waals surface area contributed by atoms with E-state index in [-0.39, 0.29) is 17.4 Å². The van der Waals surface area contributed by atoms with Crippen LogP contribution in [0.3, 0.4) is 0 Å². The third-order valence-electron chi connectivity index (χ3n) is 2.75. The summed E-state index contributed by atoms with van der Waals surface area (Å²) in [6.45, 7) is 0.377. The van der Waals surface area contributed by atoms with Gasteiger partial charge in [-0.1, -0.05) is 34.8 Å². The lowest BCUT2D eigenvalue weighted by Crippen LogP contribution is -2.16. The van der Waals surface area contributed by atoms with Gasteiger partial charge in [-0.3, -0.25) is 4.79 Å². The minimum absolute atomic E-state index is 0.0306. The number of carbonyl (C=O) groups excluding carboxylic acids is 1. The molecule has 0 aliphatic heterocycles. The van der Waals surface area contributed by atoms with Gasteiger partial charge in [-0.2, -0.15) is 0 Å². The Balaban J connectivity index is 1.83. The molecule has 0 atom stereocenters. The van der Waals surface area contributed by atoms with E-state index in [0.29, 0.717) is 28.0 Å². The monoisotopic (exact) mass is 360 g/mol. The van der Waals surface area contributed by atoms with Crippen LogP contribution in [-0.4, -0.2) is 12.5 Å². The van der Waals surface area contributed by atoms with Crippen molar-refractivity contribution in [3.63, 3.8) is 0 Å². The summed E-state index contributed by atoms with van der Waals surface area (Å²) in [7, 11) is 0. The second kappa shape index (κ2) is 7.68. The Kier molecular flexibility index (Phi) is 5.89. The van der Waals surface area contributed by atoms with E-state index in [0.717, 1.165) is 0 Å². The number of rotatable bonds is 5. The van der Waals surface area contributed by atoms with Crippen LogP contribution in [0.2, 0.25) is 15.1 Å². The molecule has 2 rings (SSSR count). The van der Waals surface area contributed by atoms with Crippen LogP contribution >= 0.6 is 34.8 Å². The van der Waals surface area contributed by atoms with Crippen LogP contribution in [0.4, 0.5) is 15.8 Å². The molecule has 0 aliphatic rings. The molecule has 116 valence electrons. The van der Waals surface area contributed by atoms with Crippen LogP contribution in [0.1, 0.15) is 6.42 Å². The lowest BCUT2D eigenvalue weighted by Gasteiger charge is -2.08. The maximum absolute atomic E-state index is 13.0. The number of carbonyl (C=O) groups is 1. The topological polar surface area (TPSA) is 41.1 Å². The molecule has 0 aromatic heterocycles. The summed E-state index contributed by atoms with van der Waals surface area (Å²) in [4.78, 5) is 11.8. The van der Waals surface area contributed by atoms with Gasteiger partial charge in [0.05, 0.1) is 5.02 Å².